The maximum Gasteiger partial charge on any atom is 0.498 e. The van der Waals surface area contributed by atoms with Gasteiger partial charge in [0, 0.05) is 5.46 Å². The molecule has 1 aromatic carbocycles. The first-order valence-electron chi connectivity index (χ1n) is 6.69. The van der Waals surface area contributed by atoms with Crippen LogP contribution in [0.4, 0.5) is 17.6 Å². The van der Waals surface area contributed by atoms with Crippen LogP contribution in [0.2, 0.25) is 0 Å². The van der Waals surface area contributed by atoms with Crippen LogP contribution < -0.4 is 10.2 Å². The van der Waals surface area contributed by atoms with Crippen molar-refractivity contribution in [1.82, 2.24) is 0 Å². The summed E-state index contributed by atoms with van der Waals surface area (Å²) in [5.74, 6) is -1.52. The lowest BCUT2D eigenvalue weighted by Crippen LogP contribution is -2.41. The number of benzene rings is 1. The van der Waals surface area contributed by atoms with Gasteiger partial charge in [-0.1, -0.05) is 0 Å². The van der Waals surface area contributed by atoms with Gasteiger partial charge in [0.2, 0.25) is 0 Å². The fourth-order valence-electron chi connectivity index (χ4n) is 2.12. The molecule has 122 valence electrons. The summed E-state index contributed by atoms with van der Waals surface area (Å²) in [6, 6.07) is 1.37. The van der Waals surface area contributed by atoms with E-state index in [2.05, 4.69) is 0 Å². The number of rotatable bonds is 2. The molecule has 0 unspecified atom stereocenters. The van der Waals surface area contributed by atoms with E-state index in [4.69, 9.17) is 14.0 Å². The summed E-state index contributed by atoms with van der Waals surface area (Å²) in [4.78, 5) is 0. The fourth-order valence-corrected chi connectivity index (χ4v) is 2.12. The Labute approximate surface area is 126 Å². The zero-order valence-corrected chi connectivity index (χ0v) is 13.0. The molecule has 0 radical (unpaired) electrons. The van der Waals surface area contributed by atoms with Gasteiger partial charge in [0.1, 0.15) is 11.6 Å². The molecule has 22 heavy (non-hydrogen) atoms. The summed E-state index contributed by atoms with van der Waals surface area (Å²) >= 11 is 0. The Morgan fingerprint density at radius 1 is 1.05 bits per heavy atom. The van der Waals surface area contributed by atoms with Crippen LogP contribution in [0.25, 0.3) is 0 Å². The van der Waals surface area contributed by atoms with Crippen molar-refractivity contribution in [3.05, 3.63) is 23.5 Å². The van der Waals surface area contributed by atoms with Crippen LogP contribution in [0.5, 0.6) is 5.75 Å². The van der Waals surface area contributed by atoms with E-state index in [-0.39, 0.29) is 11.2 Å². The van der Waals surface area contributed by atoms with Crippen LogP contribution in [0.1, 0.15) is 33.3 Å². The highest BCUT2D eigenvalue weighted by Crippen LogP contribution is 2.38. The molecule has 0 atom stereocenters. The Kier molecular flexibility index (Phi) is 3.98. The molecule has 0 aromatic heterocycles. The second-order valence-electron chi connectivity index (χ2n) is 6.16. The van der Waals surface area contributed by atoms with Crippen molar-refractivity contribution in [3.8, 4) is 5.75 Å². The Bertz CT molecular complexity index is 568. The van der Waals surface area contributed by atoms with E-state index in [1.807, 2.05) is 0 Å². The minimum atomic E-state index is -4.80. The molecule has 0 bridgehead atoms. The van der Waals surface area contributed by atoms with Crippen LogP contribution in [0.3, 0.4) is 0 Å². The van der Waals surface area contributed by atoms with Crippen molar-refractivity contribution in [1.29, 1.82) is 0 Å². The quantitative estimate of drug-likeness (QED) is 0.619. The van der Waals surface area contributed by atoms with E-state index in [0.29, 0.717) is 6.07 Å². The van der Waals surface area contributed by atoms with Crippen LogP contribution in [0.15, 0.2) is 12.1 Å². The maximum atomic E-state index is 13.8. The van der Waals surface area contributed by atoms with Gasteiger partial charge in [0.25, 0.3) is 0 Å². The topological polar surface area (TPSA) is 27.7 Å². The summed E-state index contributed by atoms with van der Waals surface area (Å²) in [6.45, 7) is 7.17. The molecule has 0 N–H and O–H groups in total. The SMILES string of the molecule is COc1cc(C(F)(F)F)c(F)cc1B1OC(C)(C)C(C)(C)O1. The predicted octanol–water partition coefficient (Wildman–Crippen LogP) is 3.15. The highest BCUT2D eigenvalue weighted by molar-refractivity contribution is 6.63. The van der Waals surface area contributed by atoms with E-state index < -0.39 is 35.9 Å². The van der Waals surface area contributed by atoms with Gasteiger partial charge in [0.15, 0.2) is 0 Å². The van der Waals surface area contributed by atoms with Gasteiger partial charge in [-0.3, -0.25) is 0 Å². The minimum Gasteiger partial charge on any atom is -0.497 e. The number of hydrogen-bond donors (Lipinski definition) is 0. The first-order chi connectivity index (χ1) is 9.89. The molecule has 1 aliphatic heterocycles. The fraction of sp³-hybridized carbons (Fsp3) is 0.571. The highest BCUT2D eigenvalue weighted by atomic mass is 19.4. The third kappa shape index (κ3) is 2.81. The summed E-state index contributed by atoms with van der Waals surface area (Å²) in [6.07, 6.45) is -4.80. The van der Waals surface area contributed by atoms with Gasteiger partial charge in [-0.15, -0.1) is 0 Å². The largest absolute Gasteiger partial charge is 0.498 e. The van der Waals surface area contributed by atoms with Gasteiger partial charge < -0.3 is 14.0 Å². The molecule has 0 saturated carbocycles. The van der Waals surface area contributed by atoms with Crippen LogP contribution in [0, 0.1) is 5.82 Å². The Balaban J connectivity index is 2.48. The number of methoxy groups -OCH3 is 1. The monoisotopic (exact) mass is 320 g/mol. The summed E-state index contributed by atoms with van der Waals surface area (Å²) < 4.78 is 68.5. The lowest BCUT2D eigenvalue weighted by atomic mass is 9.77. The van der Waals surface area contributed by atoms with E-state index in [9.17, 15) is 17.6 Å². The highest BCUT2D eigenvalue weighted by Gasteiger charge is 2.53. The first-order valence-corrected chi connectivity index (χ1v) is 6.69. The summed E-state index contributed by atoms with van der Waals surface area (Å²) in [5, 5.41) is 0. The average Bonchev–Trinajstić information content (AvgIpc) is 2.56. The lowest BCUT2D eigenvalue weighted by molar-refractivity contribution is -0.140. The molecular formula is C14H17BF4O3. The van der Waals surface area contributed by atoms with Gasteiger partial charge in [0.05, 0.1) is 23.9 Å². The van der Waals surface area contributed by atoms with E-state index in [1.165, 1.54) is 7.11 Å². The summed E-state index contributed by atoms with van der Waals surface area (Å²) in [7, 11) is 0.207. The molecule has 0 aliphatic carbocycles. The van der Waals surface area contributed by atoms with Gasteiger partial charge in [-0.25, -0.2) is 4.39 Å². The Hall–Kier alpha value is -1.28. The second kappa shape index (κ2) is 5.13. The number of hydrogen-bond acceptors (Lipinski definition) is 3. The number of halogens is 4. The molecule has 1 aliphatic rings. The predicted molar refractivity (Wildman–Crippen MR) is 73.7 cm³/mol. The van der Waals surface area contributed by atoms with Crippen LogP contribution in [-0.4, -0.2) is 25.4 Å². The van der Waals surface area contributed by atoms with Crippen molar-refractivity contribution in [2.75, 3.05) is 7.11 Å². The third-order valence-corrected chi connectivity index (χ3v) is 4.13. The average molecular weight is 320 g/mol. The molecule has 2 rings (SSSR count). The molecule has 8 heteroatoms. The standard InChI is InChI=1S/C14H17BF4O3/c1-12(2)13(3,4)22-15(21-12)9-7-10(16)8(14(17,18)19)6-11(9)20-5/h6-7H,1-5H3. The Morgan fingerprint density at radius 3 is 1.95 bits per heavy atom. The van der Waals surface area contributed by atoms with E-state index in [1.54, 1.807) is 27.7 Å². The maximum absolute atomic E-state index is 13.8. The van der Waals surface area contributed by atoms with Crippen molar-refractivity contribution in [2.45, 2.75) is 45.1 Å². The second-order valence-corrected chi connectivity index (χ2v) is 6.16. The van der Waals surface area contributed by atoms with Gasteiger partial charge >= 0.3 is 13.3 Å². The molecular weight excluding hydrogens is 303 g/mol. The van der Waals surface area contributed by atoms with Gasteiger partial charge in [-0.2, -0.15) is 13.2 Å². The smallest absolute Gasteiger partial charge is 0.497 e. The zero-order valence-electron chi connectivity index (χ0n) is 13.0. The van der Waals surface area contributed by atoms with Gasteiger partial charge in [-0.05, 0) is 39.8 Å². The van der Waals surface area contributed by atoms with Crippen molar-refractivity contribution in [3.63, 3.8) is 0 Å². The third-order valence-electron chi connectivity index (χ3n) is 4.13. The summed E-state index contributed by atoms with van der Waals surface area (Å²) in [5.41, 5.74) is -2.68. The molecule has 0 spiro atoms. The van der Waals surface area contributed by atoms with Crippen LogP contribution >= 0.6 is 0 Å². The molecule has 3 nitrogen and oxygen atoms in total. The van der Waals surface area contributed by atoms with E-state index >= 15 is 0 Å². The molecule has 1 aromatic rings. The molecule has 1 saturated heterocycles. The first kappa shape index (κ1) is 17.1. The number of ether oxygens (including phenoxy) is 1. The number of alkyl halides is 3. The normalized spacial score (nSPS) is 20.3. The van der Waals surface area contributed by atoms with E-state index in [0.717, 1.165) is 6.07 Å². The molecule has 1 heterocycles. The van der Waals surface area contributed by atoms with Crippen molar-refractivity contribution >= 4 is 12.6 Å². The van der Waals surface area contributed by atoms with Crippen molar-refractivity contribution in [2.24, 2.45) is 0 Å². The molecule has 1 fully saturated rings. The Morgan fingerprint density at radius 2 is 1.55 bits per heavy atom. The molecule has 0 amide bonds. The lowest BCUT2D eigenvalue weighted by Gasteiger charge is -2.32. The minimum absolute atomic E-state index is 0.0895. The van der Waals surface area contributed by atoms with Crippen molar-refractivity contribution < 1.29 is 31.6 Å². The van der Waals surface area contributed by atoms with Crippen LogP contribution in [-0.2, 0) is 15.5 Å². The zero-order chi connectivity index (χ0) is 16.9.